The molecule has 4 rings (SSSR count). The molecule has 0 aliphatic heterocycles. The number of benzene rings is 3. The zero-order valence-electron chi connectivity index (χ0n) is 17.7. The Morgan fingerprint density at radius 1 is 1.03 bits per heavy atom. The van der Waals surface area contributed by atoms with Crippen LogP contribution in [-0.2, 0) is 13.0 Å². The number of aryl methyl sites for hydroxylation is 2. The molecule has 0 unspecified atom stereocenters. The molecule has 3 N–H and O–H groups in total. The molecule has 31 heavy (non-hydrogen) atoms. The summed E-state index contributed by atoms with van der Waals surface area (Å²) in [6, 6.07) is 22.9. The van der Waals surface area contributed by atoms with Gasteiger partial charge in [-0.2, -0.15) is 0 Å². The van der Waals surface area contributed by atoms with Gasteiger partial charge in [-0.25, -0.2) is 0 Å². The smallest absolute Gasteiger partial charge is 0.256 e. The largest absolute Gasteiger partial charge is 0.489 e. The fourth-order valence-electron chi connectivity index (χ4n) is 3.55. The van der Waals surface area contributed by atoms with Crippen LogP contribution in [-0.4, -0.2) is 10.9 Å². The van der Waals surface area contributed by atoms with Crippen LogP contribution in [0, 0.1) is 6.92 Å². The lowest BCUT2D eigenvalue weighted by Gasteiger charge is -2.13. The number of carbonyl (C=O) groups is 1. The zero-order chi connectivity index (χ0) is 21.8. The number of fused-ring (bicyclic) bond motifs is 1. The maximum absolute atomic E-state index is 13.1. The van der Waals surface area contributed by atoms with E-state index in [0.29, 0.717) is 29.1 Å². The second-order valence-corrected chi connectivity index (χ2v) is 7.45. The fraction of sp³-hybridized carbons (Fsp3) is 0.154. The molecule has 0 aliphatic rings. The Kier molecular flexibility index (Phi) is 5.85. The van der Waals surface area contributed by atoms with Crippen LogP contribution in [0.5, 0.6) is 5.75 Å². The second kappa shape index (κ2) is 8.88. The Balaban J connectivity index is 1.56. The van der Waals surface area contributed by atoms with E-state index in [1.165, 1.54) is 5.56 Å². The molecule has 156 valence electrons. The van der Waals surface area contributed by atoms with Crippen molar-refractivity contribution in [3.8, 4) is 5.75 Å². The normalized spacial score (nSPS) is 10.8. The molecule has 0 fully saturated rings. The van der Waals surface area contributed by atoms with Crippen LogP contribution in [0.2, 0.25) is 0 Å². The van der Waals surface area contributed by atoms with E-state index in [-0.39, 0.29) is 5.91 Å². The summed E-state index contributed by atoms with van der Waals surface area (Å²) in [7, 11) is 0. The van der Waals surface area contributed by atoms with Gasteiger partial charge < -0.3 is 15.8 Å². The number of para-hydroxylation sites is 1. The standard InChI is InChI=1S/C26H25N3O2/c1-3-18-11-13-20(14-12-18)31-16-19-7-4-5-8-21(19)26(30)29-24-10-6-9-22-23(27)15-17(2)28-25(22)24/h4-15H,3,16H2,1-2H3,(H2,27,28)(H,29,30). The number of nitrogen functional groups attached to an aromatic ring is 1. The summed E-state index contributed by atoms with van der Waals surface area (Å²) in [5.74, 6) is 0.562. The maximum atomic E-state index is 13.1. The SMILES string of the molecule is CCc1ccc(OCc2ccccc2C(=O)Nc2cccc3c(N)cc(C)nc23)cc1. The topological polar surface area (TPSA) is 77.2 Å². The molecular formula is C26H25N3O2. The van der Waals surface area contributed by atoms with Crippen molar-refractivity contribution in [3.63, 3.8) is 0 Å². The molecule has 1 amide bonds. The van der Waals surface area contributed by atoms with Crippen molar-refractivity contribution >= 4 is 28.2 Å². The van der Waals surface area contributed by atoms with Crippen LogP contribution in [0.25, 0.3) is 10.9 Å². The lowest BCUT2D eigenvalue weighted by atomic mass is 10.1. The average Bonchev–Trinajstić information content (AvgIpc) is 2.78. The van der Waals surface area contributed by atoms with E-state index in [1.807, 2.05) is 61.5 Å². The number of aromatic nitrogens is 1. The molecule has 5 nitrogen and oxygen atoms in total. The van der Waals surface area contributed by atoms with Crippen LogP contribution >= 0.6 is 0 Å². The van der Waals surface area contributed by atoms with Crippen molar-refractivity contribution in [2.75, 3.05) is 11.1 Å². The number of carbonyl (C=O) groups excluding carboxylic acids is 1. The molecule has 0 bridgehead atoms. The third-order valence-electron chi connectivity index (χ3n) is 5.24. The van der Waals surface area contributed by atoms with E-state index in [9.17, 15) is 4.79 Å². The Bertz CT molecular complexity index is 1230. The Morgan fingerprint density at radius 3 is 2.58 bits per heavy atom. The van der Waals surface area contributed by atoms with Gasteiger partial charge in [0.15, 0.2) is 0 Å². The van der Waals surface area contributed by atoms with Crippen molar-refractivity contribution in [2.45, 2.75) is 26.9 Å². The van der Waals surface area contributed by atoms with Gasteiger partial charge in [0, 0.05) is 27.9 Å². The minimum atomic E-state index is -0.213. The summed E-state index contributed by atoms with van der Waals surface area (Å²) in [5.41, 5.74) is 11.5. The third-order valence-corrected chi connectivity index (χ3v) is 5.24. The highest BCUT2D eigenvalue weighted by Gasteiger charge is 2.14. The van der Waals surface area contributed by atoms with Gasteiger partial charge in [0.2, 0.25) is 0 Å². The molecule has 1 aromatic heterocycles. The van der Waals surface area contributed by atoms with Crippen molar-refractivity contribution in [2.24, 2.45) is 0 Å². The Hall–Kier alpha value is -3.86. The number of hydrogen-bond donors (Lipinski definition) is 2. The molecule has 0 spiro atoms. The average molecular weight is 412 g/mol. The molecule has 1 heterocycles. The van der Waals surface area contributed by atoms with E-state index >= 15 is 0 Å². The molecular weight excluding hydrogens is 386 g/mol. The first-order valence-electron chi connectivity index (χ1n) is 10.3. The quantitative estimate of drug-likeness (QED) is 0.438. The summed E-state index contributed by atoms with van der Waals surface area (Å²) in [6.45, 7) is 4.30. The molecule has 0 radical (unpaired) electrons. The van der Waals surface area contributed by atoms with Crippen LogP contribution < -0.4 is 15.8 Å². The number of nitrogens with one attached hydrogen (secondary N) is 1. The van der Waals surface area contributed by atoms with Gasteiger partial charge in [-0.3, -0.25) is 9.78 Å². The number of amides is 1. The molecule has 0 saturated carbocycles. The molecule has 0 aliphatic carbocycles. The fourth-order valence-corrected chi connectivity index (χ4v) is 3.55. The number of nitrogens with zero attached hydrogens (tertiary/aromatic N) is 1. The highest BCUT2D eigenvalue weighted by molar-refractivity contribution is 6.10. The van der Waals surface area contributed by atoms with E-state index < -0.39 is 0 Å². The Morgan fingerprint density at radius 2 is 1.81 bits per heavy atom. The van der Waals surface area contributed by atoms with Gasteiger partial charge in [0.05, 0.1) is 11.2 Å². The van der Waals surface area contributed by atoms with E-state index in [1.54, 1.807) is 6.07 Å². The molecule has 4 aromatic rings. The van der Waals surface area contributed by atoms with Gasteiger partial charge in [-0.1, -0.05) is 49.4 Å². The first-order valence-corrected chi connectivity index (χ1v) is 10.3. The first kappa shape index (κ1) is 20.4. The van der Waals surface area contributed by atoms with Gasteiger partial charge in [0.1, 0.15) is 12.4 Å². The minimum Gasteiger partial charge on any atom is -0.489 e. The van der Waals surface area contributed by atoms with Crippen LogP contribution in [0.4, 0.5) is 11.4 Å². The molecule has 0 atom stereocenters. The maximum Gasteiger partial charge on any atom is 0.256 e. The molecule has 0 saturated heterocycles. The van der Waals surface area contributed by atoms with Gasteiger partial charge in [0.25, 0.3) is 5.91 Å². The summed E-state index contributed by atoms with van der Waals surface area (Å²) in [6.07, 6.45) is 0.984. The van der Waals surface area contributed by atoms with Crippen LogP contribution in [0.15, 0.2) is 72.8 Å². The predicted molar refractivity (Wildman–Crippen MR) is 125 cm³/mol. The van der Waals surface area contributed by atoms with Gasteiger partial charge in [-0.15, -0.1) is 0 Å². The Labute approximate surface area is 181 Å². The number of rotatable bonds is 6. The van der Waals surface area contributed by atoms with Crippen molar-refractivity contribution < 1.29 is 9.53 Å². The summed E-state index contributed by atoms with van der Waals surface area (Å²) < 4.78 is 5.93. The number of pyridine rings is 1. The van der Waals surface area contributed by atoms with E-state index in [0.717, 1.165) is 28.8 Å². The third kappa shape index (κ3) is 4.51. The van der Waals surface area contributed by atoms with Crippen LogP contribution in [0.1, 0.15) is 34.1 Å². The van der Waals surface area contributed by atoms with Gasteiger partial charge in [-0.05, 0) is 49.2 Å². The van der Waals surface area contributed by atoms with Crippen molar-refractivity contribution in [1.82, 2.24) is 4.98 Å². The lowest BCUT2D eigenvalue weighted by molar-refractivity contribution is 0.102. The highest BCUT2D eigenvalue weighted by atomic mass is 16.5. The monoisotopic (exact) mass is 411 g/mol. The minimum absolute atomic E-state index is 0.213. The first-order chi connectivity index (χ1) is 15.0. The summed E-state index contributed by atoms with van der Waals surface area (Å²) in [4.78, 5) is 17.7. The summed E-state index contributed by atoms with van der Waals surface area (Å²) in [5, 5.41) is 3.81. The number of nitrogens with two attached hydrogens (primary N) is 1. The number of ether oxygens (including phenoxy) is 1. The van der Waals surface area contributed by atoms with E-state index in [4.69, 9.17) is 10.5 Å². The molecule has 3 aromatic carbocycles. The lowest BCUT2D eigenvalue weighted by Crippen LogP contribution is -2.15. The van der Waals surface area contributed by atoms with E-state index in [2.05, 4.69) is 29.4 Å². The van der Waals surface area contributed by atoms with Crippen LogP contribution in [0.3, 0.4) is 0 Å². The van der Waals surface area contributed by atoms with Crippen molar-refractivity contribution in [1.29, 1.82) is 0 Å². The summed E-state index contributed by atoms with van der Waals surface area (Å²) >= 11 is 0. The number of hydrogen-bond acceptors (Lipinski definition) is 4. The van der Waals surface area contributed by atoms with Crippen molar-refractivity contribution in [3.05, 3.63) is 95.2 Å². The second-order valence-electron chi connectivity index (χ2n) is 7.45. The predicted octanol–water partition coefficient (Wildman–Crippen LogP) is 5.52. The molecule has 5 heteroatoms. The highest BCUT2D eigenvalue weighted by Crippen LogP contribution is 2.27. The number of anilines is 2. The van der Waals surface area contributed by atoms with Gasteiger partial charge >= 0.3 is 0 Å². The zero-order valence-corrected chi connectivity index (χ0v) is 17.7.